The SMILES string of the molecule is O=C(NC1CCN(Cc2ccccc2)C1)c1ccc(-c2ccccc2F)o1. The lowest BCUT2D eigenvalue weighted by Gasteiger charge is -2.16. The fourth-order valence-electron chi connectivity index (χ4n) is 3.46. The van der Waals surface area contributed by atoms with Gasteiger partial charge in [0.05, 0.1) is 5.56 Å². The fourth-order valence-corrected chi connectivity index (χ4v) is 3.46. The zero-order valence-electron chi connectivity index (χ0n) is 14.9. The van der Waals surface area contributed by atoms with Crippen molar-refractivity contribution in [2.24, 2.45) is 0 Å². The summed E-state index contributed by atoms with van der Waals surface area (Å²) in [6.07, 6.45) is 0.902. The number of carbonyl (C=O) groups excluding carboxylic acids is 1. The Morgan fingerprint density at radius 2 is 1.85 bits per heavy atom. The predicted octanol–water partition coefficient (Wildman–Crippen LogP) is 4.09. The lowest BCUT2D eigenvalue weighted by molar-refractivity contribution is 0.0910. The monoisotopic (exact) mass is 364 g/mol. The minimum Gasteiger partial charge on any atom is -0.451 e. The number of rotatable bonds is 5. The molecule has 0 spiro atoms. The number of amides is 1. The number of hydrogen-bond donors (Lipinski definition) is 1. The average Bonchev–Trinajstić information content (AvgIpc) is 3.33. The predicted molar refractivity (Wildman–Crippen MR) is 102 cm³/mol. The van der Waals surface area contributed by atoms with Crippen LogP contribution in [0.15, 0.2) is 71.1 Å². The van der Waals surface area contributed by atoms with Crippen LogP contribution in [0.2, 0.25) is 0 Å². The average molecular weight is 364 g/mol. The molecule has 1 aromatic heterocycles. The first-order valence-corrected chi connectivity index (χ1v) is 9.11. The number of hydrogen-bond acceptors (Lipinski definition) is 3. The Labute approximate surface area is 157 Å². The summed E-state index contributed by atoms with van der Waals surface area (Å²) in [5.41, 5.74) is 1.62. The van der Waals surface area contributed by atoms with E-state index in [9.17, 15) is 9.18 Å². The number of halogens is 1. The van der Waals surface area contributed by atoms with Crippen LogP contribution in [0.5, 0.6) is 0 Å². The Morgan fingerprint density at radius 3 is 2.67 bits per heavy atom. The number of nitrogens with one attached hydrogen (secondary N) is 1. The van der Waals surface area contributed by atoms with E-state index < -0.39 is 0 Å². The molecule has 0 saturated carbocycles. The van der Waals surface area contributed by atoms with Crippen molar-refractivity contribution in [1.82, 2.24) is 10.2 Å². The molecule has 3 aromatic rings. The van der Waals surface area contributed by atoms with Crippen molar-refractivity contribution in [3.05, 3.63) is 83.9 Å². The zero-order valence-corrected chi connectivity index (χ0v) is 14.9. The molecule has 0 radical (unpaired) electrons. The van der Waals surface area contributed by atoms with Gasteiger partial charge in [-0.05, 0) is 36.2 Å². The molecular formula is C22H21FN2O2. The van der Waals surface area contributed by atoms with E-state index in [1.807, 2.05) is 18.2 Å². The molecule has 1 aliphatic rings. The molecule has 1 saturated heterocycles. The van der Waals surface area contributed by atoms with Gasteiger partial charge in [0.15, 0.2) is 5.76 Å². The molecule has 1 amide bonds. The lowest BCUT2D eigenvalue weighted by Crippen LogP contribution is -2.36. The molecule has 1 aliphatic heterocycles. The fraction of sp³-hybridized carbons (Fsp3) is 0.227. The van der Waals surface area contributed by atoms with Crippen molar-refractivity contribution in [3.8, 4) is 11.3 Å². The summed E-state index contributed by atoms with van der Waals surface area (Å²) >= 11 is 0. The third-order valence-electron chi connectivity index (χ3n) is 4.83. The molecular weight excluding hydrogens is 343 g/mol. The Hall–Kier alpha value is -2.92. The first-order valence-electron chi connectivity index (χ1n) is 9.11. The normalized spacial score (nSPS) is 17.1. The van der Waals surface area contributed by atoms with Gasteiger partial charge in [-0.1, -0.05) is 42.5 Å². The maximum absolute atomic E-state index is 13.9. The summed E-state index contributed by atoms with van der Waals surface area (Å²) in [4.78, 5) is 14.8. The highest BCUT2D eigenvalue weighted by atomic mass is 19.1. The number of nitrogens with zero attached hydrogens (tertiary/aromatic N) is 1. The summed E-state index contributed by atoms with van der Waals surface area (Å²) in [6, 6.07) is 20.0. The molecule has 1 unspecified atom stereocenters. The maximum Gasteiger partial charge on any atom is 0.287 e. The van der Waals surface area contributed by atoms with Crippen LogP contribution in [0.3, 0.4) is 0 Å². The summed E-state index contributed by atoms with van der Waals surface area (Å²) in [5.74, 6) is -0.0690. The van der Waals surface area contributed by atoms with Gasteiger partial charge in [0.25, 0.3) is 5.91 Å². The Balaban J connectivity index is 1.35. The van der Waals surface area contributed by atoms with Gasteiger partial charge in [-0.2, -0.15) is 0 Å². The van der Waals surface area contributed by atoms with Crippen LogP contribution in [0.1, 0.15) is 22.5 Å². The quantitative estimate of drug-likeness (QED) is 0.742. The summed E-state index contributed by atoms with van der Waals surface area (Å²) in [7, 11) is 0. The van der Waals surface area contributed by atoms with Gasteiger partial charge in [0.1, 0.15) is 11.6 Å². The van der Waals surface area contributed by atoms with Crippen molar-refractivity contribution in [1.29, 1.82) is 0 Å². The largest absolute Gasteiger partial charge is 0.451 e. The van der Waals surface area contributed by atoms with Gasteiger partial charge in [0, 0.05) is 25.7 Å². The van der Waals surface area contributed by atoms with Crippen LogP contribution in [0.25, 0.3) is 11.3 Å². The molecule has 1 fully saturated rings. The molecule has 2 aromatic carbocycles. The smallest absolute Gasteiger partial charge is 0.287 e. The van der Waals surface area contributed by atoms with Gasteiger partial charge in [-0.3, -0.25) is 9.69 Å². The molecule has 2 heterocycles. The highest BCUT2D eigenvalue weighted by Gasteiger charge is 2.25. The Bertz CT molecular complexity index is 923. The molecule has 27 heavy (non-hydrogen) atoms. The van der Waals surface area contributed by atoms with E-state index in [0.717, 1.165) is 26.1 Å². The van der Waals surface area contributed by atoms with E-state index >= 15 is 0 Å². The van der Waals surface area contributed by atoms with Crippen LogP contribution in [0, 0.1) is 5.82 Å². The van der Waals surface area contributed by atoms with E-state index in [2.05, 4.69) is 22.3 Å². The van der Waals surface area contributed by atoms with Gasteiger partial charge < -0.3 is 9.73 Å². The Morgan fingerprint density at radius 1 is 1.07 bits per heavy atom. The van der Waals surface area contributed by atoms with Gasteiger partial charge in [-0.15, -0.1) is 0 Å². The topological polar surface area (TPSA) is 45.5 Å². The zero-order chi connectivity index (χ0) is 18.6. The van der Waals surface area contributed by atoms with Gasteiger partial charge >= 0.3 is 0 Å². The summed E-state index contributed by atoms with van der Waals surface area (Å²) in [6.45, 7) is 2.63. The first-order chi connectivity index (χ1) is 13.2. The molecule has 4 nitrogen and oxygen atoms in total. The number of furan rings is 1. The molecule has 1 atom stereocenters. The second-order valence-corrected chi connectivity index (χ2v) is 6.82. The first kappa shape index (κ1) is 17.5. The van der Waals surface area contributed by atoms with E-state index in [4.69, 9.17) is 4.42 Å². The van der Waals surface area contributed by atoms with Gasteiger partial charge in [0.2, 0.25) is 0 Å². The van der Waals surface area contributed by atoms with Crippen LogP contribution in [-0.2, 0) is 6.54 Å². The molecule has 5 heteroatoms. The van der Waals surface area contributed by atoms with E-state index in [0.29, 0.717) is 11.3 Å². The van der Waals surface area contributed by atoms with E-state index in [1.165, 1.54) is 11.6 Å². The molecule has 1 N–H and O–H groups in total. The van der Waals surface area contributed by atoms with Crippen molar-refractivity contribution in [2.75, 3.05) is 13.1 Å². The number of carbonyl (C=O) groups is 1. The number of likely N-dealkylation sites (tertiary alicyclic amines) is 1. The maximum atomic E-state index is 13.9. The lowest BCUT2D eigenvalue weighted by atomic mass is 10.1. The van der Waals surface area contributed by atoms with Crippen molar-refractivity contribution in [3.63, 3.8) is 0 Å². The third kappa shape index (κ3) is 4.09. The molecule has 0 aliphatic carbocycles. The molecule has 138 valence electrons. The number of benzene rings is 2. The standard InChI is InChI=1S/C22H21FN2O2/c23-19-9-5-4-8-18(19)20-10-11-21(27-20)22(26)24-17-12-13-25(15-17)14-16-6-2-1-3-7-16/h1-11,17H,12-15H2,(H,24,26). The van der Waals surface area contributed by atoms with Crippen molar-refractivity contribution >= 4 is 5.91 Å². The van der Waals surface area contributed by atoms with E-state index in [-0.39, 0.29) is 23.5 Å². The highest BCUT2D eigenvalue weighted by Crippen LogP contribution is 2.25. The minimum atomic E-state index is -0.369. The summed E-state index contributed by atoms with van der Waals surface area (Å²) < 4.78 is 19.4. The molecule has 4 rings (SSSR count). The third-order valence-corrected chi connectivity index (χ3v) is 4.83. The summed E-state index contributed by atoms with van der Waals surface area (Å²) in [5, 5.41) is 3.02. The molecule has 0 bridgehead atoms. The van der Waals surface area contributed by atoms with Crippen LogP contribution in [-0.4, -0.2) is 29.9 Å². The van der Waals surface area contributed by atoms with Gasteiger partial charge in [-0.25, -0.2) is 4.39 Å². The van der Waals surface area contributed by atoms with Crippen LogP contribution in [0.4, 0.5) is 4.39 Å². The second kappa shape index (κ2) is 7.76. The van der Waals surface area contributed by atoms with Crippen molar-refractivity contribution in [2.45, 2.75) is 19.0 Å². The minimum absolute atomic E-state index is 0.0863. The second-order valence-electron chi connectivity index (χ2n) is 6.82. The van der Waals surface area contributed by atoms with Crippen molar-refractivity contribution < 1.29 is 13.6 Å². The van der Waals surface area contributed by atoms with E-state index in [1.54, 1.807) is 30.3 Å². The highest BCUT2D eigenvalue weighted by molar-refractivity contribution is 5.92. The Kier molecular flexibility index (Phi) is 5.03. The van der Waals surface area contributed by atoms with Crippen LogP contribution >= 0.6 is 0 Å². The van der Waals surface area contributed by atoms with Crippen LogP contribution < -0.4 is 5.32 Å².